The van der Waals surface area contributed by atoms with Crippen molar-refractivity contribution >= 4 is 16.1 Å². The fraction of sp³-hybridized carbons (Fsp3) is 0.556. The van der Waals surface area contributed by atoms with Gasteiger partial charge >= 0.3 is 0 Å². The second kappa shape index (κ2) is 8.12. The van der Waals surface area contributed by atoms with E-state index in [9.17, 15) is 10.2 Å². The molecule has 2 unspecified atom stereocenters. The Hall–Kier alpha value is -0.866. The van der Waals surface area contributed by atoms with Crippen molar-refractivity contribution < 1.29 is 10.2 Å². The second-order valence-electron chi connectivity index (χ2n) is 7.56. The van der Waals surface area contributed by atoms with E-state index < -0.39 is 16.1 Å². The van der Waals surface area contributed by atoms with Gasteiger partial charge in [0.1, 0.15) is 0 Å². The number of aliphatic hydroxyl groups excluding tert-OH is 2. The van der Waals surface area contributed by atoms with Gasteiger partial charge in [-0.05, 0) is 17.5 Å². The molecule has 2 N–H and O–H groups in total. The summed E-state index contributed by atoms with van der Waals surface area (Å²) < 4.78 is 0. The van der Waals surface area contributed by atoms with Crippen molar-refractivity contribution in [1.82, 2.24) is 0 Å². The molecule has 1 aromatic rings. The smallest absolute Gasteiger partial charge is 0.158 e. The molecular formula is C18H30O2Si2. The molecule has 122 valence electrons. The maximum absolute atomic E-state index is 9.84. The van der Waals surface area contributed by atoms with Crippen LogP contribution < -0.4 is 0 Å². The highest BCUT2D eigenvalue weighted by Gasteiger charge is 2.33. The Morgan fingerprint density at radius 2 is 1.59 bits per heavy atom. The summed E-state index contributed by atoms with van der Waals surface area (Å²) in [5.74, 6) is 3.64. The molecule has 1 rings (SSSR count). The third-order valence-electron chi connectivity index (χ3n) is 4.19. The van der Waals surface area contributed by atoms with E-state index >= 15 is 0 Å². The lowest BCUT2D eigenvalue weighted by molar-refractivity contribution is 0.354. The molecule has 0 saturated heterocycles. The molecule has 0 spiro atoms. The first-order valence-corrected chi connectivity index (χ1v) is 14.5. The molecule has 0 radical (unpaired) electrons. The Morgan fingerprint density at radius 1 is 1.00 bits per heavy atom. The van der Waals surface area contributed by atoms with Crippen molar-refractivity contribution in [2.75, 3.05) is 12.5 Å². The number of hydrogen-bond acceptors (Lipinski definition) is 2. The van der Waals surface area contributed by atoms with E-state index in [1.54, 1.807) is 0 Å². The molecule has 2 atom stereocenters. The molecule has 0 aliphatic heterocycles. The highest BCUT2D eigenvalue weighted by molar-refractivity contribution is 6.85. The maximum Gasteiger partial charge on any atom is 0.158 e. The number of hydrogen-bond donors (Lipinski definition) is 2. The van der Waals surface area contributed by atoms with Gasteiger partial charge in [0.05, 0.1) is 8.07 Å². The van der Waals surface area contributed by atoms with Gasteiger partial charge in [0.2, 0.25) is 0 Å². The van der Waals surface area contributed by atoms with E-state index in [0.717, 1.165) is 6.42 Å². The standard InChI is InChI=1S/C18H30O2Si2/c1-16(11-12-21(2,3)14-19)13-18(22(4,5)15-20)17-9-7-6-8-10-17/h6-10,16,18-20H,13-15H2,1-5H3. The summed E-state index contributed by atoms with van der Waals surface area (Å²) in [7, 11) is -3.51. The Labute approximate surface area is 137 Å². The lowest BCUT2D eigenvalue weighted by Crippen LogP contribution is -2.40. The number of aliphatic hydroxyl groups is 2. The van der Waals surface area contributed by atoms with Crippen molar-refractivity contribution in [3.63, 3.8) is 0 Å². The van der Waals surface area contributed by atoms with Crippen molar-refractivity contribution in [1.29, 1.82) is 0 Å². The average molecular weight is 335 g/mol. The van der Waals surface area contributed by atoms with Crippen molar-refractivity contribution in [2.24, 2.45) is 5.92 Å². The molecular weight excluding hydrogens is 304 g/mol. The van der Waals surface area contributed by atoms with Gasteiger partial charge in [-0.25, -0.2) is 0 Å². The van der Waals surface area contributed by atoms with Crippen molar-refractivity contribution in [3.8, 4) is 11.5 Å². The molecule has 22 heavy (non-hydrogen) atoms. The topological polar surface area (TPSA) is 40.5 Å². The average Bonchev–Trinajstić information content (AvgIpc) is 2.51. The van der Waals surface area contributed by atoms with Gasteiger partial charge in [0.25, 0.3) is 0 Å². The molecule has 0 heterocycles. The Morgan fingerprint density at radius 3 is 2.09 bits per heavy atom. The van der Waals surface area contributed by atoms with Crippen molar-refractivity contribution in [3.05, 3.63) is 35.9 Å². The van der Waals surface area contributed by atoms with Crippen LogP contribution >= 0.6 is 0 Å². The lowest BCUT2D eigenvalue weighted by Gasteiger charge is -2.32. The van der Waals surface area contributed by atoms with Gasteiger partial charge in [0.15, 0.2) is 8.07 Å². The van der Waals surface area contributed by atoms with E-state index in [-0.39, 0.29) is 12.1 Å². The molecule has 0 bridgehead atoms. The van der Waals surface area contributed by atoms with Gasteiger partial charge in [-0.1, -0.05) is 63.4 Å². The molecule has 0 fully saturated rings. The summed E-state index contributed by atoms with van der Waals surface area (Å²) in [5.41, 5.74) is 5.05. The van der Waals surface area contributed by atoms with Crippen LogP contribution in [0.15, 0.2) is 30.3 Å². The number of rotatable bonds is 6. The molecule has 0 aliphatic carbocycles. The monoisotopic (exact) mass is 334 g/mol. The summed E-state index contributed by atoms with van der Waals surface area (Å²) >= 11 is 0. The highest BCUT2D eigenvalue weighted by atomic mass is 28.3. The van der Waals surface area contributed by atoms with Crippen LogP contribution in [0.2, 0.25) is 26.2 Å². The summed E-state index contributed by atoms with van der Waals surface area (Å²) in [5, 5.41) is 19.2. The van der Waals surface area contributed by atoms with Crippen LogP contribution in [0.3, 0.4) is 0 Å². The first-order valence-electron chi connectivity index (χ1n) is 8.01. The van der Waals surface area contributed by atoms with Gasteiger partial charge in [-0.15, -0.1) is 11.5 Å². The Balaban J connectivity index is 2.96. The van der Waals surface area contributed by atoms with Gasteiger partial charge in [-0.3, -0.25) is 0 Å². The molecule has 0 aromatic heterocycles. The molecule has 0 saturated carbocycles. The largest absolute Gasteiger partial charge is 0.400 e. The van der Waals surface area contributed by atoms with Crippen LogP contribution in [0.25, 0.3) is 0 Å². The fourth-order valence-corrected chi connectivity index (χ4v) is 5.50. The van der Waals surface area contributed by atoms with E-state index in [0.29, 0.717) is 11.8 Å². The summed E-state index contributed by atoms with van der Waals surface area (Å²) in [4.78, 5) is 0. The van der Waals surface area contributed by atoms with E-state index in [1.807, 2.05) is 6.07 Å². The molecule has 0 amide bonds. The van der Waals surface area contributed by atoms with Crippen LogP contribution in [0.4, 0.5) is 0 Å². The SMILES string of the molecule is CC(C#C[Si](C)(C)CO)CC(c1ccccc1)[Si](C)(C)CO. The molecule has 4 heteroatoms. The van der Waals surface area contributed by atoms with Gasteiger partial charge in [-0.2, -0.15) is 0 Å². The van der Waals surface area contributed by atoms with Crippen LogP contribution in [0, 0.1) is 17.4 Å². The minimum absolute atomic E-state index is 0.214. The zero-order valence-corrected chi connectivity index (χ0v) is 16.6. The minimum Gasteiger partial charge on any atom is -0.400 e. The van der Waals surface area contributed by atoms with Crippen molar-refractivity contribution in [2.45, 2.75) is 45.1 Å². The second-order valence-corrected chi connectivity index (χ2v) is 16.9. The summed E-state index contributed by atoms with van der Waals surface area (Å²) in [6.07, 6.45) is 1.49. The van der Waals surface area contributed by atoms with Gasteiger partial charge in [0, 0.05) is 18.4 Å². The summed E-state index contributed by atoms with van der Waals surface area (Å²) in [6, 6.07) is 10.5. The Bertz CT molecular complexity index is 515. The fourth-order valence-electron chi connectivity index (χ4n) is 2.47. The summed E-state index contributed by atoms with van der Waals surface area (Å²) in [6.45, 7) is 10.8. The predicted molar refractivity (Wildman–Crippen MR) is 99.9 cm³/mol. The first-order chi connectivity index (χ1) is 10.2. The van der Waals surface area contributed by atoms with Crippen LogP contribution in [-0.4, -0.2) is 38.8 Å². The predicted octanol–water partition coefficient (Wildman–Crippen LogP) is 3.36. The highest BCUT2D eigenvalue weighted by Crippen LogP contribution is 2.32. The van der Waals surface area contributed by atoms with Crippen LogP contribution in [0.5, 0.6) is 0 Å². The quantitative estimate of drug-likeness (QED) is 0.618. The molecule has 0 aliphatic rings. The third kappa shape index (κ3) is 5.73. The zero-order valence-electron chi connectivity index (χ0n) is 14.6. The minimum atomic E-state index is -1.77. The number of benzene rings is 1. The lowest BCUT2D eigenvalue weighted by atomic mass is 10.0. The van der Waals surface area contributed by atoms with E-state index in [2.05, 4.69) is 68.8 Å². The van der Waals surface area contributed by atoms with Crippen LogP contribution in [0.1, 0.15) is 24.4 Å². The Kier molecular flexibility index (Phi) is 7.08. The maximum atomic E-state index is 9.84. The zero-order chi connectivity index (χ0) is 16.8. The first kappa shape index (κ1) is 19.2. The van der Waals surface area contributed by atoms with E-state index in [1.165, 1.54) is 5.56 Å². The van der Waals surface area contributed by atoms with E-state index in [4.69, 9.17) is 0 Å². The normalized spacial score (nSPS) is 14.9. The third-order valence-corrected chi connectivity index (χ3v) is 9.08. The molecule has 2 nitrogen and oxygen atoms in total. The molecule has 1 aromatic carbocycles. The van der Waals surface area contributed by atoms with Gasteiger partial charge < -0.3 is 10.2 Å². The van der Waals surface area contributed by atoms with Crippen LogP contribution in [-0.2, 0) is 0 Å².